The van der Waals surface area contributed by atoms with Gasteiger partial charge in [0.15, 0.2) is 0 Å². The number of quaternary nitrogens is 1. The second-order valence-corrected chi connectivity index (χ2v) is 9.71. The summed E-state index contributed by atoms with van der Waals surface area (Å²) in [5.41, 5.74) is 4.69. The molecule has 8 nitrogen and oxygen atoms in total. The number of hydrogen-bond acceptors (Lipinski definition) is 5. The van der Waals surface area contributed by atoms with Crippen LogP contribution in [-0.2, 0) is 16.1 Å². The number of halogens is 1. The number of nitrogens with one attached hydrogen (secondary N) is 1. The molecule has 0 aromatic heterocycles. The van der Waals surface area contributed by atoms with Crippen LogP contribution in [0.25, 0.3) is 11.1 Å². The lowest BCUT2D eigenvalue weighted by atomic mass is 9.86. The fourth-order valence-corrected chi connectivity index (χ4v) is 5.41. The first-order valence-corrected chi connectivity index (χ1v) is 12.2. The van der Waals surface area contributed by atoms with Gasteiger partial charge in [0.2, 0.25) is 5.91 Å². The van der Waals surface area contributed by atoms with Gasteiger partial charge in [0.1, 0.15) is 11.8 Å². The van der Waals surface area contributed by atoms with E-state index in [1.54, 1.807) is 13.8 Å². The van der Waals surface area contributed by atoms with Gasteiger partial charge in [-0.2, -0.15) is 0 Å². The molecule has 194 valence electrons. The van der Waals surface area contributed by atoms with E-state index in [1.807, 2.05) is 61.3 Å². The maximum absolute atomic E-state index is 12.8. The van der Waals surface area contributed by atoms with Crippen molar-refractivity contribution in [2.45, 2.75) is 45.8 Å². The minimum atomic E-state index is -1.20. The first kappa shape index (κ1) is 27.6. The number of carboxylic acid groups (broad SMARTS) is 1. The Morgan fingerprint density at radius 2 is 1.83 bits per heavy atom. The van der Waals surface area contributed by atoms with Crippen LogP contribution >= 0.6 is 12.4 Å². The fourth-order valence-electron chi connectivity index (χ4n) is 5.41. The quantitative estimate of drug-likeness (QED) is 0.619. The SMILES string of the molecule is CCN(C(=O)[O-])[C@@H]1C[C@H](C)[N+](C)(C(C)=O)c2ccc(-c3ccc(CN4CCNCC4=O)cc3)cc21.Cl. The minimum Gasteiger partial charge on any atom is -0.530 e. The van der Waals surface area contributed by atoms with Crippen molar-refractivity contribution in [2.75, 3.05) is 33.2 Å². The molecule has 1 N–H and O–H groups in total. The Morgan fingerprint density at radius 1 is 1.17 bits per heavy atom. The highest BCUT2D eigenvalue weighted by Gasteiger charge is 2.47. The van der Waals surface area contributed by atoms with Crippen molar-refractivity contribution >= 4 is 36.0 Å². The zero-order valence-corrected chi connectivity index (χ0v) is 22.1. The Morgan fingerprint density at radius 3 is 2.42 bits per heavy atom. The third kappa shape index (κ3) is 4.98. The number of amides is 3. The Bertz CT molecular complexity index is 1140. The Hall–Kier alpha value is -2.94. The standard InChI is InChI=1S/C27H34N4O4.ClH/c1-5-30(27(34)35)24-14-18(2)31(4,19(3)32)25-11-10-22(15-23(24)25)21-8-6-20(7-9-21)17-29-13-12-28-16-26(29)33;/h6-11,15,18,24,28H,5,12-14,16-17H2,1-4H3;1H/t18-,24+,31?;/m0./s1. The van der Waals surface area contributed by atoms with Gasteiger partial charge in [-0.1, -0.05) is 24.3 Å². The summed E-state index contributed by atoms with van der Waals surface area (Å²) < 4.78 is 0.133. The molecule has 0 aliphatic carbocycles. The van der Waals surface area contributed by atoms with Crippen molar-refractivity contribution in [3.05, 3.63) is 53.6 Å². The second-order valence-electron chi connectivity index (χ2n) is 9.71. The van der Waals surface area contributed by atoms with E-state index < -0.39 is 6.09 Å². The molecule has 2 aromatic rings. The summed E-state index contributed by atoms with van der Waals surface area (Å²) in [4.78, 5) is 40.0. The van der Waals surface area contributed by atoms with E-state index >= 15 is 0 Å². The van der Waals surface area contributed by atoms with E-state index in [1.165, 1.54) is 4.90 Å². The highest BCUT2D eigenvalue weighted by molar-refractivity contribution is 5.89. The number of carbonyl (C=O) groups is 3. The van der Waals surface area contributed by atoms with E-state index in [0.717, 1.165) is 34.5 Å². The third-order valence-electron chi connectivity index (χ3n) is 7.79. The van der Waals surface area contributed by atoms with Crippen molar-refractivity contribution in [2.24, 2.45) is 0 Å². The number of fused-ring (bicyclic) bond motifs is 1. The summed E-state index contributed by atoms with van der Waals surface area (Å²) in [6.45, 7) is 8.17. The van der Waals surface area contributed by atoms with E-state index in [9.17, 15) is 19.5 Å². The Kier molecular flexibility index (Phi) is 8.44. The largest absolute Gasteiger partial charge is 0.530 e. The molecular formula is C27H35ClN4O4. The van der Waals surface area contributed by atoms with Crippen LogP contribution < -0.4 is 14.9 Å². The van der Waals surface area contributed by atoms with Crippen LogP contribution in [0.2, 0.25) is 0 Å². The number of rotatable bonds is 5. The van der Waals surface area contributed by atoms with Crippen LogP contribution in [0, 0.1) is 0 Å². The summed E-state index contributed by atoms with van der Waals surface area (Å²) in [6.07, 6.45) is -0.668. The van der Waals surface area contributed by atoms with Crippen molar-refractivity contribution < 1.29 is 19.5 Å². The van der Waals surface area contributed by atoms with Crippen LogP contribution in [0.15, 0.2) is 42.5 Å². The zero-order valence-electron chi connectivity index (χ0n) is 21.3. The van der Waals surface area contributed by atoms with E-state index in [-0.39, 0.29) is 40.8 Å². The van der Waals surface area contributed by atoms with Crippen molar-refractivity contribution in [1.82, 2.24) is 19.6 Å². The van der Waals surface area contributed by atoms with Gasteiger partial charge in [0.25, 0.3) is 0 Å². The molecule has 0 saturated carbocycles. The van der Waals surface area contributed by atoms with E-state index in [0.29, 0.717) is 32.6 Å². The molecule has 9 heteroatoms. The summed E-state index contributed by atoms with van der Waals surface area (Å²) in [5.74, 6) is 0.128. The van der Waals surface area contributed by atoms with Gasteiger partial charge in [0, 0.05) is 44.2 Å². The molecule has 0 radical (unpaired) electrons. The lowest BCUT2D eigenvalue weighted by Gasteiger charge is -2.47. The molecule has 0 spiro atoms. The van der Waals surface area contributed by atoms with E-state index in [2.05, 4.69) is 5.32 Å². The molecule has 4 rings (SSSR count). The van der Waals surface area contributed by atoms with Crippen LogP contribution in [-0.4, -0.2) is 67.0 Å². The molecular weight excluding hydrogens is 480 g/mol. The molecule has 2 aromatic carbocycles. The van der Waals surface area contributed by atoms with Gasteiger partial charge < -0.3 is 25.0 Å². The number of benzene rings is 2. The predicted octanol–water partition coefficient (Wildman–Crippen LogP) is 2.69. The van der Waals surface area contributed by atoms with Gasteiger partial charge >= 0.3 is 5.91 Å². The van der Waals surface area contributed by atoms with E-state index in [4.69, 9.17) is 0 Å². The molecule has 0 bridgehead atoms. The third-order valence-corrected chi connectivity index (χ3v) is 7.79. The monoisotopic (exact) mass is 514 g/mol. The minimum absolute atomic E-state index is 0. The van der Waals surface area contributed by atoms with Crippen LogP contribution in [0.4, 0.5) is 10.5 Å². The number of piperazine rings is 1. The smallest absolute Gasteiger partial charge is 0.315 e. The van der Waals surface area contributed by atoms with Gasteiger partial charge in [-0.05, 0) is 42.7 Å². The first-order chi connectivity index (χ1) is 16.7. The summed E-state index contributed by atoms with van der Waals surface area (Å²) in [6, 6.07) is 13.6. The number of nitrogens with zero attached hydrogens (tertiary/aromatic N) is 3. The molecule has 2 heterocycles. The van der Waals surface area contributed by atoms with Crippen LogP contribution in [0.5, 0.6) is 0 Å². The topological polar surface area (TPSA) is 92.8 Å². The lowest BCUT2D eigenvalue weighted by molar-refractivity contribution is -0.268. The maximum Gasteiger partial charge on any atom is 0.315 e. The van der Waals surface area contributed by atoms with Gasteiger partial charge in [-0.15, -0.1) is 12.4 Å². The van der Waals surface area contributed by atoms with Crippen LogP contribution in [0.1, 0.15) is 44.4 Å². The van der Waals surface area contributed by atoms with Crippen LogP contribution in [0.3, 0.4) is 0 Å². The molecule has 1 unspecified atom stereocenters. The van der Waals surface area contributed by atoms with Gasteiger partial charge in [0.05, 0.1) is 32.6 Å². The zero-order chi connectivity index (χ0) is 25.3. The number of hydrogen-bond donors (Lipinski definition) is 1. The van der Waals surface area contributed by atoms with Crippen molar-refractivity contribution in [3.8, 4) is 11.1 Å². The average molecular weight is 515 g/mol. The highest BCUT2D eigenvalue weighted by Crippen LogP contribution is 2.45. The van der Waals surface area contributed by atoms with Gasteiger partial charge in [-0.25, -0.2) is 9.28 Å². The molecule has 3 atom stereocenters. The first-order valence-electron chi connectivity index (χ1n) is 12.2. The molecule has 2 aliphatic rings. The highest BCUT2D eigenvalue weighted by atomic mass is 35.5. The predicted molar refractivity (Wildman–Crippen MR) is 140 cm³/mol. The number of carbonyl (C=O) groups excluding carboxylic acids is 3. The van der Waals surface area contributed by atoms with Crippen molar-refractivity contribution in [1.29, 1.82) is 0 Å². The van der Waals surface area contributed by atoms with Crippen molar-refractivity contribution in [3.63, 3.8) is 0 Å². The molecule has 2 aliphatic heterocycles. The maximum atomic E-state index is 12.8. The second kappa shape index (κ2) is 11.0. The fraction of sp³-hybridized carbons (Fsp3) is 0.444. The molecule has 3 amide bonds. The Labute approximate surface area is 218 Å². The normalized spacial score (nSPS) is 23.4. The summed E-state index contributed by atoms with van der Waals surface area (Å²) in [5, 5.41) is 15.0. The summed E-state index contributed by atoms with van der Waals surface area (Å²) >= 11 is 0. The summed E-state index contributed by atoms with van der Waals surface area (Å²) in [7, 11) is 1.91. The lowest BCUT2D eigenvalue weighted by Crippen LogP contribution is -2.60. The van der Waals surface area contributed by atoms with Gasteiger partial charge in [-0.3, -0.25) is 4.79 Å². The molecule has 36 heavy (non-hydrogen) atoms. The Balaban J connectivity index is 0.00000361. The molecule has 1 saturated heterocycles. The average Bonchev–Trinajstić information content (AvgIpc) is 2.84. The molecule has 1 fully saturated rings.